The number of benzene rings is 2. The zero-order valence-corrected chi connectivity index (χ0v) is 14.0. The molecule has 0 N–H and O–H groups in total. The van der Waals surface area contributed by atoms with Crippen molar-refractivity contribution in [3.8, 4) is 5.75 Å². The van der Waals surface area contributed by atoms with Crippen molar-refractivity contribution in [2.24, 2.45) is 0 Å². The molecule has 2 aromatic rings. The standard InChI is InChI=1S/C18H20N2O4/c1-13-6-4-8-15(12-13)24-11-10-19(3)18(21)16-9-5-7-14(2)17(16)20(22)23/h4-9,12H,10-11H2,1-3H3. The number of para-hydroxylation sites is 1. The van der Waals surface area contributed by atoms with Gasteiger partial charge in [-0.05, 0) is 37.6 Å². The fourth-order valence-corrected chi connectivity index (χ4v) is 2.39. The number of rotatable bonds is 6. The molecule has 0 aliphatic heterocycles. The lowest BCUT2D eigenvalue weighted by Crippen LogP contribution is -2.31. The fourth-order valence-electron chi connectivity index (χ4n) is 2.39. The van der Waals surface area contributed by atoms with Crippen LogP contribution in [0.3, 0.4) is 0 Å². The van der Waals surface area contributed by atoms with Gasteiger partial charge in [0.2, 0.25) is 0 Å². The van der Waals surface area contributed by atoms with Gasteiger partial charge in [-0.3, -0.25) is 14.9 Å². The van der Waals surface area contributed by atoms with E-state index in [-0.39, 0.29) is 11.3 Å². The van der Waals surface area contributed by atoms with Crippen LogP contribution in [0.15, 0.2) is 42.5 Å². The number of nitro benzene ring substituents is 1. The molecule has 6 heteroatoms. The highest BCUT2D eigenvalue weighted by atomic mass is 16.6. The number of aryl methyl sites for hydroxylation is 2. The molecule has 0 aromatic heterocycles. The zero-order valence-electron chi connectivity index (χ0n) is 14.0. The third-order valence-corrected chi connectivity index (χ3v) is 3.68. The quantitative estimate of drug-likeness (QED) is 0.602. The third-order valence-electron chi connectivity index (χ3n) is 3.68. The lowest BCUT2D eigenvalue weighted by atomic mass is 10.1. The number of amides is 1. The van der Waals surface area contributed by atoms with Gasteiger partial charge >= 0.3 is 0 Å². The van der Waals surface area contributed by atoms with E-state index in [9.17, 15) is 14.9 Å². The van der Waals surface area contributed by atoms with Gasteiger partial charge in [0.15, 0.2) is 0 Å². The number of hydrogen-bond acceptors (Lipinski definition) is 4. The Balaban J connectivity index is 2.03. The molecule has 0 saturated heterocycles. The molecule has 2 rings (SSSR count). The number of nitro groups is 1. The van der Waals surface area contributed by atoms with Gasteiger partial charge in [0.1, 0.15) is 17.9 Å². The lowest BCUT2D eigenvalue weighted by molar-refractivity contribution is -0.385. The smallest absolute Gasteiger partial charge is 0.285 e. The topological polar surface area (TPSA) is 72.7 Å². The van der Waals surface area contributed by atoms with Crippen molar-refractivity contribution >= 4 is 11.6 Å². The van der Waals surface area contributed by atoms with E-state index < -0.39 is 10.8 Å². The van der Waals surface area contributed by atoms with Gasteiger partial charge in [-0.2, -0.15) is 0 Å². The van der Waals surface area contributed by atoms with E-state index in [2.05, 4.69) is 0 Å². The Bertz CT molecular complexity index is 758. The molecular formula is C18H20N2O4. The summed E-state index contributed by atoms with van der Waals surface area (Å²) in [5.74, 6) is 0.343. The summed E-state index contributed by atoms with van der Waals surface area (Å²) >= 11 is 0. The highest BCUT2D eigenvalue weighted by Crippen LogP contribution is 2.24. The molecule has 0 heterocycles. The number of nitrogens with zero attached hydrogens (tertiary/aromatic N) is 2. The van der Waals surface area contributed by atoms with E-state index in [1.54, 1.807) is 26.1 Å². The van der Waals surface area contributed by atoms with Crippen LogP contribution >= 0.6 is 0 Å². The SMILES string of the molecule is Cc1cccc(OCCN(C)C(=O)c2cccc(C)c2[N+](=O)[O-])c1. The van der Waals surface area contributed by atoms with Crippen LogP contribution in [0.2, 0.25) is 0 Å². The molecular weight excluding hydrogens is 308 g/mol. The van der Waals surface area contributed by atoms with Crippen molar-refractivity contribution in [2.45, 2.75) is 13.8 Å². The summed E-state index contributed by atoms with van der Waals surface area (Å²) in [6.45, 7) is 4.23. The van der Waals surface area contributed by atoms with Crippen LogP contribution < -0.4 is 4.74 Å². The molecule has 126 valence electrons. The average Bonchev–Trinajstić information content (AvgIpc) is 2.53. The summed E-state index contributed by atoms with van der Waals surface area (Å²) in [7, 11) is 1.61. The maximum atomic E-state index is 12.5. The summed E-state index contributed by atoms with van der Waals surface area (Å²) in [5, 5.41) is 11.2. The van der Waals surface area contributed by atoms with Gasteiger partial charge in [-0.15, -0.1) is 0 Å². The van der Waals surface area contributed by atoms with Crippen molar-refractivity contribution < 1.29 is 14.5 Å². The lowest BCUT2D eigenvalue weighted by Gasteiger charge is -2.18. The van der Waals surface area contributed by atoms with Crippen molar-refractivity contribution in [2.75, 3.05) is 20.2 Å². The van der Waals surface area contributed by atoms with E-state index in [0.717, 1.165) is 11.3 Å². The predicted molar refractivity (Wildman–Crippen MR) is 91.5 cm³/mol. The molecule has 6 nitrogen and oxygen atoms in total. The van der Waals surface area contributed by atoms with Crippen molar-refractivity contribution in [3.05, 3.63) is 69.3 Å². The minimum absolute atomic E-state index is 0.0954. The number of carbonyl (C=O) groups is 1. The molecule has 0 unspecified atom stereocenters. The van der Waals surface area contributed by atoms with E-state index in [4.69, 9.17) is 4.74 Å². The Morgan fingerprint density at radius 2 is 1.92 bits per heavy atom. The molecule has 0 aliphatic rings. The molecule has 0 bridgehead atoms. The van der Waals surface area contributed by atoms with Crippen molar-refractivity contribution in [1.29, 1.82) is 0 Å². The first-order chi connectivity index (χ1) is 11.4. The molecule has 1 amide bonds. The summed E-state index contributed by atoms with van der Waals surface area (Å²) in [6.07, 6.45) is 0. The van der Waals surface area contributed by atoms with Gasteiger partial charge < -0.3 is 9.64 Å². The van der Waals surface area contributed by atoms with Crippen LogP contribution in [0, 0.1) is 24.0 Å². The first kappa shape index (κ1) is 17.5. The number of ether oxygens (including phenoxy) is 1. The number of likely N-dealkylation sites (N-methyl/N-ethyl adjacent to an activating group) is 1. The summed E-state index contributed by atoms with van der Waals surface area (Å²) < 4.78 is 5.62. The highest BCUT2D eigenvalue weighted by Gasteiger charge is 2.24. The average molecular weight is 328 g/mol. The monoisotopic (exact) mass is 328 g/mol. The van der Waals surface area contributed by atoms with Crippen LogP contribution in [-0.4, -0.2) is 35.9 Å². The third kappa shape index (κ3) is 4.10. The van der Waals surface area contributed by atoms with Gasteiger partial charge in [0, 0.05) is 12.6 Å². The number of hydrogen-bond donors (Lipinski definition) is 0. The first-order valence-corrected chi connectivity index (χ1v) is 7.59. The van der Waals surface area contributed by atoms with Crippen LogP contribution in [0.4, 0.5) is 5.69 Å². The van der Waals surface area contributed by atoms with Gasteiger partial charge in [0.05, 0.1) is 11.5 Å². The van der Waals surface area contributed by atoms with Crippen molar-refractivity contribution in [1.82, 2.24) is 4.90 Å². The van der Waals surface area contributed by atoms with Crippen LogP contribution in [0.25, 0.3) is 0 Å². The zero-order chi connectivity index (χ0) is 17.7. The number of carbonyl (C=O) groups excluding carboxylic acids is 1. The molecule has 24 heavy (non-hydrogen) atoms. The van der Waals surface area contributed by atoms with Crippen LogP contribution in [-0.2, 0) is 0 Å². The second kappa shape index (κ2) is 7.59. The second-order valence-corrected chi connectivity index (χ2v) is 5.62. The molecule has 0 atom stereocenters. The molecule has 0 saturated carbocycles. The Morgan fingerprint density at radius 3 is 2.58 bits per heavy atom. The minimum atomic E-state index is -0.514. The maximum absolute atomic E-state index is 12.5. The van der Waals surface area contributed by atoms with E-state index in [1.807, 2.05) is 31.2 Å². The fraction of sp³-hybridized carbons (Fsp3) is 0.278. The Kier molecular flexibility index (Phi) is 5.52. The van der Waals surface area contributed by atoms with Gasteiger partial charge in [-0.25, -0.2) is 0 Å². The minimum Gasteiger partial charge on any atom is -0.492 e. The molecule has 0 radical (unpaired) electrons. The Labute approximate surface area is 140 Å². The summed E-state index contributed by atoms with van der Waals surface area (Å²) in [5.41, 5.74) is 1.51. The van der Waals surface area contributed by atoms with Crippen LogP contribution in [0.5, 0.6) is 5.75 Å². The normalized spacial score (nSPS) is 10.3. The molecule has 2 aromatic carbocycles. The van der Waals surface area contributed by atoms with Gasteiger partial charge in [-0.1, -0.05) is 24.3 Å². The second-order valence-electron chi connectivity index (χ2n) is 5.62. The molecule has 0 fully saturated rings. The summed E-state index contributed by atoms with van der Waals surface area (Å²) in [4.78, 5) is 24.6. The van der Waals surface area contributed by atoms with Gasteiger partial charge in [0.25, 0.3) is 11.6 Å². The van der Waals surface area contributed by atoms with E-state index >= 15 is 0 Å². The maximum Gasteiger partial charge on any atom is 0.285 e. The highest BCUT2D eigenvalue weighted by molar-refractivity contribution is 5.98. The largest absolute Gasteiger partial charge is 0.492 e. The molecule has 0 aliphatic carbocycles. The van der Waals surface area contributed by atoms with E-state index in [0.29, 0.717) is 18.7 Å². The summed E-state index contributed by atoms with van der Waals surface area (Å²) in [6, 6.07) is 12.4. The first-order valence-electron chi connectivity index (χ1n) is 7.59. The Hall–Kier alpha value is -2.89. The molecule has 0 spiro atoms. The van der Waals surface area contributed by atoms with Crippen LogP contribution in [0.1, 0.15) is 21.5 Å². The predicted octanol–water partition coefficient (Wildman–Crippen LogP) is 3.36. The van der Waals surface area contributed by atoms with Crippen molar-refractivity contribution in [3.63, 3.8) is 0 Å². The Morgan fingerprint density at radius 1 is 1.21 bits per heavy atom. The van der Waals surface area contributed by atoms with E-state index in [1.165, 1.54) is 11.0 Å².